The van der Waals surface area contributed by atoms with Crippen LogP contribution < -0.4 is 10.2 Å². The van der Waals surface area contributed by atoms with E-state index < -0.39 is 0 Å². The zero-order chi connectivity index (χ0) is 21.5. The lowest BCUT2D eigenvalue weighted by molar-refractivity contribution is -0.118. The van der Waals surface area contributed by atoms with Crippen molar-refractivity contribution < 1.29 is 9.53 Å². The third kappa shape index (κ3) is 5.33. The maximum atomic E-state index is 12.1. The predicted octanol–water partition coefficient (Wildman–Crippen LogP) is 4.52. The number of methoxy groups -OCH3 is 1. The molecule has 7 nitrogen and oxygen atoms in total. The van der Waals surface area contributed by atoms with Gasteiger partial charge in [-0.15, -0.1) is 10.2 Å². The highest BCUT2D eigenvalue weighted by atomic mass is 35.5. The second-order valence-electron chi connectivity index (χ2n) is 6.00. The van der Waals surface area contributed by atoms with Gasteiger partial charge in [0.2, 0.25) is 0 Å². The Morgan fingerprint density at radius 2 is 2.00 bits per heavy atom. The minimum absolute atomic E-state index is 0.140. The van der Waals surface area contributed by atoms with E-state index in [4.69, 9.17) is 27.9 Å². The summed E-state index contributed by atoms with van der Waals surface area (Å²) in [6, 6.07) is 12.8. The second-order valence-corrected chi connectivity index (χ2v) is 7.73. The van der Waals surface area contributed by atoms with Crippen LogP contribution >= 0.6 is 35.0 Å². The number of carbonyl (C=O) groups is 1. The van der Waals surface area contributed by atoms with Crippen LogP contribution in [0.15, 0.2) is 52.7 Å². The molecule has 0 atom stereocenters. The molecule has 1 N–H and O–H groups in total. The first-order valence-corrected chi connectivity index (χ1v) is 10.7. The summed E-state index contributed by atoms with van der Waals surface area (Å²) in [5.74, 6) is 1.37. The number of rotatable bonds is 8. The van der Waals surface area contributed by atoms with E-state index in [1.165, 1.54) is 18.0 Å². The van der Waals surface area contributed by atoms with Gasteiger partial charge in [-0.25, -0.2) is 5.43 Å². The molecule has 0 aliphatic heterocycles. The van der Waals surface area contributed by atoms with Gasteiger partial charge in [0, 0.05) is 17.7 Å². The van der Waals surface area contributed by atoms with E-state index in [2.05, 4.69) is 20.7 Å². The minimum atomic E-state index is -0.272. The maximum Gasteiger partial charge on any atom is 0.250 e. The zero-order valence-electron chi connectivity index (χ0n) is 16.3. The van der Waals surface area contributed by atoms with Crippen molar-refractivity contribution in [2.75, 3.05) is 12.9 Å². The number of ether oxygens (including phenoxy) is 1. The molecule has 3 aromatic rings. The fourth-order valence-corrected chi connectivity index (χ4v) is 3.74. The summed E-state index contributed by atoms with van der Waals surface area (Å²) in [5, 5.41) is 13.9. The summed E-state index contributed by atoms with van der Waals surface area (Å²) in [4.78, 5) is 12.1. The number of carbonyl (C=O) groups excluding carboxylic acids is 1. The Labute approximate surface area is 188 Å². The van der Waals surface area contributed by atoms with Gasteiger partial charge in [-0.1, -0.05) is 47.1 Å². The molecule has 0 spiro atoms. The largest absolute Gasteiger partial charge is 0.497 e. The Hall–Kier alpha value is -2.55. The van der Waals surface area contributed by atoms with E-state index in [9.17, 15) is 4.79 Å². The molecule has 0 aliphatic rings. The van der Waals surface area contributed by atoms with E-state index >= 15 is 0 Å². The number of hydrogen-bond donors (Lipinski definition) is 1. The lowest BCUT2D eigenvalue weighted by atomic mass is 10.2. The predicted molar refractivity (Wildman–Crippen MR) is 121 cm³/mol. The van der Waals surface area contributed by atoms with Gasteiger partial charge >= 0.3 is 0 Å². The quantitative estimate of drug-likeness (QED) is 0.301. The van der Waals surface area contributed by atoms with Gasteiger partial charge in [0.05, 0.1) is 29.1 Å². The summed E-state index contributed by atoms with van der Waals surface area (Å²) < 4.78 is 7.14. The molecule has 1 amide bonds. The van der Waals surface area contributed by atoms with Crippen molar-refractivity contribution in [1.82, 2.24) is 20.2 Å². The Morgan fingerprint density at radius 3 is 2.70 bits per heavy atom. The van der Waals surface area contributed by atoms with E-state index in [-0.39, 0.29) is 11.7 Å². The Bertz CT molecular complexity index is 1050. The van der Waals surface area contributed by atoms with Crippen LogP contribution in [0.5, 0.6) is 5.75 Å². The first-order chi connectivity index (χ1) is 14.5. The second kappa shape index (κ2) is 10.5. The Kier molecular flexibility index (Phi) is 7.73. The van der Waals surface area contributed by atoms with Gasteiger partial charge in [0.15, 0.2) is 11.0 Å². The highest BCUT2D eigenvalue weighted by Crippen LogP contribution is 2.26. The lowest BCUT2D eigenvalue weighted by Crippen LogP contribution is -2.20. The summed E-state index contributed by atoms with van der Waals surface area (Å²) in [5.41, 5.74) is 4.01. The van der Waals surface area contributed by atoms with Crippen LogP contribution in [-0.4, -0.2) is 39.7 Å². The Balaban J connectivity index is 1.61. The van der Waals surface area contributed by atoms with E-state index in [1.54, 1.807) is 25.3 Å². The lowest BCUT2D eigenvalue weighted by Gasteiger charge is -2.07. The average Bonchev–Trinajstić information content (AvgIpc) is 3.18. The zero-order valence-corrected chi connectivity index (χ0v) is 18.6. The van der Waals surface area contributed by atoms with Gasteiger partial charge in [-0.2, -0.15) is 5.10 Å². The number of amides is 1. The van der Waals surface area contributed by atoms with Gasteiger partial charge in [-0.05, 0) is 37.3 Å². The normalized spacial score (nSPS) is 11.1. The smallest absolute Gasteiger partial charge is 0.250 e. The van der Waals surface area contributed by atoms with Crippen LogP contribution in [0.3, 0.4) is 0 Å². The molecule has 0 aliphatic carbocycles. The SMILES string of the molecule is CCn1c(SCC(=O)N/N=C\c2cccc(Cl)c2Cl)nnc1-c1ccc(OC)cc1. The van der Waals surface area contributed by atoms with Gasteiger partial charge in [0.25, 0.3) is 5.91 Å². The van der Waals surface area contributed by atoms with Gasteiger partial charge in [-0.3, -0.25) is 4.79 Å². The number of hydrazone groups is 1. The molecule has 0 bridgehead atoms. The molecule has 1 aromatic heterocycles. The molecule has 10 heteroatoms. The van der Waals surface area contributed by atoms with E-state index in [1.807, 2.05) is 35.8 Å². The van der Waals surface area contributed by atoms with E-state index in [0.29, 0.717) is 27.3 Å². The average molecular weight is 464 g/mol. The molecule has 0 radical (unpaired) electrons. The molecule has 156 valence electrons. The summed E-state index contributed by atoms with van der Waals surface area (Å²) >= 11 is 13.3. The number of nitrogens with zero attached hydrogens (tertiary/aromatic N) is 4. The van der Waals surface area contributed by atoms with Crippen molar-refractivity contribution >= 4 is 47.1 Å². The third-order valence-electron chi connectivity index (χ3n) is 4.09. The molecular weight excluding hydrogens is 445 g/mol. The summed E-state index contributed by atoms with van der Waals surface area (Å²) in [6.45, 7) is 2.67. The monoisotopic (exact) mass is 463 g/mol. The number of aromatic nitrogens is 3. The summed E-state index contributed by atoms with van der Waals surface area (Å²) in [6.07, 6.45) is 1.45. The molecule has 1 heterocycles. The molecule has 3 rings (SSSR count). The first kappa shape index (κ1) is 22.1. The van der Waals surface area contributed by atoms with Crippen LogP contribution in [0.1, 0.15) is 12.5 Å². The van der Waals surface area contributed by atoms with Crippen LogP contribution in [-0.2, 0) is 11.3 Å². The Morgan fingerprint density at radius 1 is 1.23 bits per heavy atom. The fraction of sp³-hybridized carbons (Fsp3) is 0.200. The number of halogens is 2. The molecule has 0 unspecified atom stereocenters. The van der Waals surface area contributed by atoms with E-state index in [0.717, 1.165) is 17.1 Å². The van der Waals surface area contributed by atoms with Crippen molar-refractivity contribution in [2.24, 2.45) is 5.10 Å². The number of nitrogens with one attached hydrogen (secondary N) is 1. The van der Waals surface area contributed by atoms with Crippen molar-refractivity contribution in [3.63, 3.8) is 0 Å². The maximum absolute atomic E-state index is 12.1. The van der Waals surface area contributed by atoms with Crippen molar-refractivity contribution in [3.8, 4) is 17.1 Å². The minimum Gasteiger partial charge on any atom is -0.497 e. The first-order valence-electron chi connectivity index (χ1n) is 8.99. The van der Waals surface area contributed by atoms with Gasteiger partial charge in [0.1, 0.15) is 5.75 Å². The number of hydrogen-bond acceptors (Lipinski definition) is 6. The molecule has 2 aromatic carbocycles. The van der Waals surface area contributed by atoms with Crippen LogP contribution in [0.2, 0.25) is 10.0 Å². The molecule has 0 saturated carbocycles. The highest BCUT2D eigenvalue weighted by molar-refractivity contribution is 7.99. The molecule has 30 heavy (non-hydrogen) atoms. The highest BCUT2D eigenvalue weighted by Gasteiger charge is 2.14. The van der Waals surface area contributed by atoms with Crippen LogP contribution in [0.25, 0.3) is 11.4 Å². The topological polar surface area (TPSA) is 81.4 Å². The van der Waals surface area contributed by atoms with Gasteiger partial charge < -0.3 is 9.30 Å². The van der Waals surface area contributed by atoms with Crippen LogP contribution in [0.4, 0.5) is 0 Å². The molecule has 0 saturated heterocycles. The van der Waals surface area contributed by atoms with Crippen molar-refractivity contribution in [1.29, 1.82) is 0 Å². The third-order valence-corrected chi connectivity index (χ3v) is 5.89. The van der Waals surface area contributed by atoms with Crippen molar-refractivity contribution in [3.05, 3.63) is 58.1 Å². The standard InChI is InChI=1S/C20H19Cl2N5O2S/c1-3-27-19(13-7-9-15(29-2)10-8-13)25-26-20(27)30-12-17(28)24-23-11-14-5-4-6-16(21)18(14)22/h4-11H,3,12H2,1-2H3,(H,24,28)/b23-11-. The number of thioether (sulfide) groups is 1. The van der Waals surface area contributed by atoms with Crippen LogP contribution in [0, 0.1) is 0 Å². The molecular formula is C20H19Cl2N5O2S. The summed E-state index contributed by atoms with van der Waals surface area (Å²) in [7, 11) is 1.62. The number of benzene rings is 2. The van der Waals surface area contributed by atoms with Crippen molar-refractivity contribution in [2.45, 2.75) is 18.6 Å². The fourth-order valence-electron chi connectivity index (χ4n) is 2.59. The molecule has 0 fully saturated rings.